The maximum atomic E-state index is 4.58. The van der Waals surface area contributed by atoms with Gasteiger partial charge in [0.25, 0.3) is 0 Å². The molecule has 0 spiro atoms. The van der Waals surface area contributed by atoms with Gasteiger partial charge in [0, 0.05) is 12.7 Å². The number of anilines is 1. The van der Waals surface area contributed by atoms with Crippen molar-refractivity contribution >= 4 is 11.6 Å². The molecule has 1 N–H and O–H groups in total. The number of hydrogen-bond acceptors (Lipinski definition) is 3. The number of hydrogen-bond donors (Lipinski definition) is 1. The van der Waals surface area contributed by atoms with Crippen LogP contribution in [0.15, 0.2) is 18.3 Å². The Hall–Kier alpha value is -1.58. The molecule has 1 aliphatic rings. The molecule has 0 aliphatic heterocycles. The summed E-state index contributed by atoms with van der Waals surface area (Å²) in [5, 5.41) is 7.95. The van der Waals surface area contributed by atoms with Crippen molar-refractivity contribution in [1.82, 2.24) is 14.6 Å². The molecule has 2 aromatic heterocycles. The molecule has 0 amide bonds. The minimum absolute atomic E-state index is 0.465. The van der Waals surface area contributed by atoms with Crippen molar-refractivity contribution in [2.45, 2.75) is 46.0 Å². The minimum Gasteiger partial charge on any atom is -0.352 e. The SMILES string of the molecule is CCC1(CNc2nc3c(C)cccn3n2)CCCC1. The van der Waals surface area contributed by atoms with Gasteiger partial charge in [0.15, 0.2) is 5.65 Å². The van der Waals surface area contributed by atoms with Crippen LogP contribution in [0.25, 0.3) is 5.65 Å². The Labute approximate surface area is 114 Å². The summed E-state index contributed by atoms with van der Waals surface area (Å²) in [6, 6.07) is 4.07. The zero-order valence-electron chi connectivity index (χ0n) is 11.8. The number of nitrogens with one attached hydrogen (secondary N) is 1. The average Bonchev–Trinajstić information content (AvgIpc) is 3.04. The highest BCUT2D eigenvalue weighted by molar-refractivity contribution is 5.49. The van der Waals surface area contributed by atoms with Crippen LogP contribution in [0.5, 0.6) is 0 Å². The van der Waals surface area contributed by atoms with Gasteiger partial charge in [-0.3, -0.25) is 0 Å². The second kappa shape index (κ2) is 4.83. The quantitative estimate of drug-likeness (QED) is 0.913. The smallest absolute Gasteiger partial charge is 0.243 e. The van der Waals surface area contributed by atoms with Gasteiger partial charge in [0.05, 0.1) is 0 Å². The lowest BCUT2D eigenvalue weighted by Gasteiger charge is -2.27. The van der Waals surface area contributed by atoms with Gasteiger partial charge in [-0.15, -0.1) is 5.10 Å². The van der Waals surface area contributed by atoms with E-state index in [4.69, 9.17) is 0 Å². The fourth-order valence-corrected chi connectivity index (χ4v) is 3.16. The van der Waals surface area contributed by atoms with E-state index in [0.717, 1.165) is 23.7 Å². The molecule has 1 saturated carbocycles. The summed E-state index contributed by atoms with van der Waals surface area (Å²) >= 11 is 0. The number of aryl methyl sites for hydroxylation is 1. The Kier molecular flexibility index (Phi) is 3.17. The first-order valence-corrected chi connectivity index (χ1v) is 7.28. The lowest BCUT2D eigenvalue weighted by Crippen LogP contribution is -2.26. The van der Waals surface area contributed by atoms with Crippen LogP contribution in [0.2, 0.25) is 0 Å². The number of nitrogens with zero attached hydrogens (tertiary/aromatic N) is 3. The summed E-state index contributed by atoms with van der Waals surface area (Å²) < 4.78 is 1.85. The fraction of sp³-hybridized carbons (Fsp3) is 0.600. The summed E-state index contributed by atoms with van der Waals surface area (Å²) in [6.45, 7) is 5.37. The molecule has 0 bridgehead atoms. The van der Waals surface area contributed by atoms with Crippen molar-refractivity contribution in [2.75, 3.05) is 11.9 Å². The predicted octanol–water partition coefficient (Wildman–Crippen LogP) is 3.42. The van der Waals surface area contributed by atoms with Gasteiger partial charge in [-0.25, -0.2) is 4.52 Å². The Balaban J connectivity index is 1.76. The second-order valence-electron chi connectivity index (χ2n) is 5.81. The molecule has 1 fully saturated rings. The van der Waals surface area contributed by atoms with Gasteiger partial charge in [-0.1, -0.05) is 25.8 Å². The molecular formula is C15H22N4. The summed E-state index contributed by atoms with van der Waals surface area (Å²) in [6.07, 6.45) is 8.60. The summed E-state index contributed by atoms with van der Waals surface area (Å²) in [4.78, 5) is 4.58. The zero-order valence-corrected chi connectivity index (χ0v) is 11.8. The van der Waals surface area contributed by atoms with Crippen molar-refractivity contribution in [3.63, 3.8) is 0 Å². The van der Waals surface area contributed by atoms with Crippen LogP contribution in [0.1, 0.15) is 44.6 Å². The third-order valence-electron chi connectivity index (χ3n) is 4.59. The molecule has 0 atom stereocenters. The van der Waals surface area contributed by atoms with Gasteiger partial charge in [-0.2, -0.15) is 4.98 Å². The molecule has 4 nitrogen and oxygen atoms in total. The molecule has 0 saturated heterocycles. The first kappa shape index (κ1) is 12.5. The van der Waals surface area contributed by atoms with E-state index in [-0.39, 0.29) is 0 Å². The van der Waals surface area contributed by atoms with Gasteiger partial charge >= 0.3 is 0 Å². The largest absolute Gasteiger partial charge is 0.352 e. The molecule has 0 radical (unpaired) electrons. The van der Waals surface area contributed by atoms with Crippen LogP contribution < -0.4 is 5.32 Å². The van der Waals surface area contributed by atoms with Crippen molar-refractivity contribution in [3.05, 3.63) is 23.9 Å². The first-order chi connectivity index (χ1) is 9.22. The van der Waals surface area contributed by atoms with E-state index < -0.39 is 0 Å². The Morgan fingerprint density at radius 1 is 1.37 bits per heavy atom. The normalized spacial score (nSPS) is 18.0. The Morgan fingerprint density at radius 3 is 2.84 bits per heavy atom. The molecule has 2 heterocycles. The van der Waals surface area contributed by atoms with E-state index in [0.29, 0.717) is 5.41 Å². The zero-order chi connectivity index (χ0) is 13.3. The molecule has 0 aromatic carbocycles. The molecule has 0 unspecified atom stereocenters. The standard InChI is InChI=1S/C15H22N4/c1-3-15(8-4-5-9-15)11-16-14-17-13-12(2)7-6-10-19(13)18-14/h6-7,10H,3-5,8-9,11H2,1-2H3,(H,16,18). The fourth-order valence-electron chi connectivity index (χ4n) is 3.16. The van der Waals surface area contributed by atoms with Crippen LogP contribution >= 0.6 is 0 Å². The molecule has 1 aliphatic carbocycles. The average molecular weight is 258 g/mol. The predicted molar refractivity (Wildman–Crippen MR) is 77.4 cm³/mol. The van der Waals surface area contributed by atoms with Crippen LogP contribution in [-0.2, 0) is 0 Å². The highest BCUT2D eigenvalue weighted by Gasteiger charge is 2.31. The van der Waals surface area contributed by atoms with Crippen LogP contribution in [0.3, 0.4) is 0 Å². The maximum Gasteiger partial charge on any atom is 0.243 e. The monoisotopic (exact) mass is 258 g/mol. The highest BCUT2D eigenvalue weighted by Crippen LogP contribution is 2.40. The Morgan fingerprint density at radius 2 is 2.16 bits per heavy atom. The topological polar surface area (TPSA) is 42.2 Å². The lowest BCUT2D eigenvalue weighted by molar-refractivity contribution is 0.306. The van der Waals surface area contributed by atoms with E-state index in [2.05, 4.69) is 35.3 Å². The van der Waals surface area contributed by atoms with Crippen LogP contribution in [0, 0.1) is 12.3 Å². The number of pyridine rings is 1. The molecule has 3 rings (SSSR count). The third kappa shape index (κ3) is 2.31. The number of rotatable bonds is 4. The lowest BCUT2D eigenvalue weighted by atomic mass is 9.83. The number of aromatic nitrogens is 3. The van der Waals surface area contributed by atoms with E-state index in [1.807, 2.05) is 16.8 Å². The van der Waals surface area contributed by atoms with Gasteiger partial charge in [-0.05, 0) is 43.2 Å². The third-order valence-corrected chi connectivity index (χ3v) is 4.59. The first-order valence-electron chi connectivity index (χ1n) is 7.28. The van der Waals surface area contributed by atoms with Gasteiger partial charge in [0.1, 0.15) is 0 Å². The minimum atomic E-state index is 0.465. The summed E-state index contributed by atoms with van der Waals surface area (Å²) in [5.41, 5.74) is 2.57. The van der Waals surface area contributed by atoms with Crippen LogP contribution in [0.4, 0.5) is 5.95 Å². The van der Waals surface area contributed by atoms with Crippen molar-refractivity contribution in [1.29, 1.82) is 0 Å². The second-order valence-corrected chi connectivity index (χ2v) is 5.81. The highest BCUT2D eigenvalue weighted by atomic mass is 15.3. The summed E-state index contributed by atoms with van der Waals surface area (Å²) in [7, 11) is 0. The summed E-state index contributed by atoms with van der Waals surface area (Å²) in [5.74, 6) is 0.758. The Bertz CT molecular complexity index is 567. The van der Waals surface area contributed by atoms with E-state index >= 15 is 0 Å². The van der Waals surface area contributed by atoms with Gasteiger partial charge in [0.2, 0.25) is 5.95 Å². The maximum absolute atomic E-state index is 4.58. The van der Waals surface area contributed by atoms with Crippen molar-refractivity contribution in [2.24, 2.45) is 5.41 Å². The van der Waals surface area contributed by atoms with E-state index in [1.165, 1.54) is 32.1 Å². The molecule has 4 heteroatoms. The molecule has 2 aromatic rings. The number of fused-ring (bicyclic) bond motifs is 1. The van der Waals surface area contributed by atoms with Crippen molar-refractivity contribution < 1.29 is 0 Å². The van der Waals surface area contributed by atoms with Crippen LogP contribution in [-0.4, -0.2) is 21.1 Å². The van der Waals surface area contributed by atoms with E-state index in [9.17, 15) is 0 Å². The molecular weight excluding hydrogens is 236 g/mol. The van der Waals surface area contributed by atoms with Gasteiger partial charge < -0.3 is 5.32 Å². The molecule has 102 valence electrons. The van der Waals surface area contributed by atoms with Crippen molar-refractivity contribution in [3.8, 4) is 0 Å². The van der Waals surface area contributed by atoms with E-state index in [1.54, 1.807) is 0 Å². The molecule has 19 heavy (non-hydrogen) atoms.